The largest absolute Gasteiger partial charge is 0.352 e. The van der Waals surface area contributed by atoms with Crippen LogP contribution in [0, 0.1) is 5.41 Å². The lowest BCUT2D eigenvalue weighted by atomic mass is 9.77. The molecular formula is C13H24N2O3S. The van der Waals surface area contributed by atoms with Crippen molar-refractivity contribution in [3.63, 3.8) is 0 Å². The van der Waals surface area contributed by atoms with Crippen molar-refractivity contribution in [1.29, 1.82) is 0 Å². The van der Waals surface area contributed by atoms with E-state index in [0.717, 1.165) is 19.4 Å². The molecule has 2 aliphatic heterocycles. The summed E-state index contributed by atoms with van der Waals surface area (Å²) in [5.41, 5.74) is -0.0386. The van der Waals surface area contributed by atoms with Gasteiger partial charge in [-0.3, -0.25) is 4.79 Å². The Balaban J connectivity index is 1.91. The third-order valence-electron chi connectivity index (χ3n) is 4.29. The molecule has 1 unspecified atom stereocenters. The molecule has 0 aromatic rings. The van der Waals surface area contributed by atoms with E-state index in [1.165, 1.54) is 0 Å². The van der Waals surface area contributed by atoms with Crippen LogP contribution in [0.15, 0.2) is 0 Å². The van der Waals surface area contributed by atoms with Gasteiger partial charge >= 0.3 is 0 Å². The first-order valence-electron chi connectivity index (χ1n) is 7.04. The van der Waals surface area contributed by atoms with Gasteiger partial charge in [0.1, 0.15) is 9.84 Å². The smallest absolute Gasteiger partial charge is 0.237 e. The van der Waals surface area contributed by atoms with Gasteiger partial charge < -0.3 is 10.6 Å². The molecule has 2 saturated heterocycles. The third-order valence-corrected chi connectivity index (χ3v) is 6.01. The first-order valence-corrected chi connectivity index (χ1v) is 8.86. The highest BCUT2D eigenvalue weighted by molar-refractivity contribution is 7.91. The number of rotatable bonds is 2. The van der Waals surface area contributed by atoms with E-state index >= 15 is 0 Å². The van der Waals surface area contributed by atoms with Gasteiger partial charge in [0.2, 0.25) is 5.91 Å². The fraction of sp³-hybridized carbons (Fsp3) is 0.923. The van der Waals surface area contributed by atoms with Crippen molar-refractivity contribution < 1.29 is 13.2 Å². The van der Waals surface area contributed by atoms with Gasteiger partial charge in [-0.25, -0.2) is 8.42 Å². The monoisotopic (exact) mass is 288 g/mol. The summed E-state index contributed by atoms with van der Waals surface area (Å²) >= 11 is 0. The number of carbonyl (C=O) groups excluding carboxylic acids is 1. The predicted octanol–water partition coefficient (Wildman–Crippen LogP) is 0.458. The Kier molecular flexibility index (Phi) is 4.20. The Morgan fingerprint density at radius 2 is 1.89 bits per heavy atom. The van der Waals surface area contributed by atoms with Crippen molar-refractivity contribution in [3.05, 3.63) is 0 Å². The Morgan fingerprint density at radius 1 is 1.26 bits per heavy atom. The van der Waals surface area contributed by atoms with Gasteiger partial charge in [0.15, 0.2) is 0 Å². The minimum absolute atomic E-state index is 0.00977. The molecular weight excluding hydrogens is 264 g/mol. The van der Waals surface area contributed by atoms with Crippen LogP contribution in [-0.2, 0) is 14.6 Å². The fourth-order valence-electron chi connectivity index (χ4n) is 2.98. The van der Waals surface area contributed by atoms with Crippen molar-refractivity contribution >= 4 is 15.7 Å². The predicted molar refractivity (Wildman–Crippen MR) is 74.6 cm³/mol. The summed E-state index contributed by atoms with van der Waals surface area (Å²) in [4.78, 5) is 12.3. The average Bonchev–Trinajstić information content (AvgIpc) is 2.31. The van der Waals surface area contributed by atoms with Crippen LogP contribution in [0.4, 0.5) is 0 Å². The van der Waals surface area contributed by atoms with E-state index in [-0.39, 0.29) is 34.9 Å². The molecule has 2 rings (SSSR count). The maximum Gasteiger partial charge on any atom is 0.237 e. The van der Waals surface area contributed by atoms with Crippen molar-refractivity contribution in [2.24, 2.45) is 5.41 Å². The van der Waals surface area contributed by atoms with Crippen LogP contribution >= 0.6 is 0 Å². The van der Waals surface area contributed by atoms with Gasteiger partial charge in [-0.05, 0) is 37.6 Å². The zero-order valence-electron chi connectivity index (χ0n) is 11.7. The lowest BCUT2D eigenvalue weighted by Gasteiger charge is -2.39. The molecule has 0 saturated carbocycles. The SMILES string of the molecule is CC1(C)CCCNC1C(=O)NC1CCS(=O)(=O)CC1. The number of nitrogens with one attached hydrogen (secondary N) is 2. The number of sulfone groups is 1. The molecule has 0 radical (unpaired) electrons. The summed E-state index contributed by atoms with van der Waals surface area (Å²) in [6, 6.07) is -0.157. The second-order valence-electron chi connectivity index (χ2n) is 6.41. The Morgan fingerprint density at radius 3 is 2.47 bits per heavy atom. The topological polar surface area (TPSA) is 75.3 Å². The second kappa shape index (κ2) is 5.40. The molecule has 6 heteroatoms. The van der Waals surface area contributed by atoms with E-state index < -0.39 is 9.84 Å². The lowest BCUT2D eigenvalue weighted by molar-refractivity contribution is -0.127. The van der Waals surface area contributed by atoms with E-state index in [2.05, 4.69) is 24.5 Å². The molecule has 0 spiro atoms. The van der Waals surface area contributed by atoms with E-state index in [1.807, 2.05) is 0 Å². The standard InChI is InChI=1S/C13H24N2O3S/c1-13(2)6-3-7-14-11(13)12(16)15-10-4-8-19(17,18)9-5-10/h10-11,14H,3-9H2,1-2H3,(H,15,16). The first kappa shape index (κ1) is 14.8. The summed E-state index contributed by atoms with van der Waals surface area (Å²) in [5.74, 6) is 0.410. The summed E-state index contributed by atoms with van der Waals surface area (Å²) < 4.78 is 22.7. The van der Waals surface area contributed by atoms with Crippen molar-refractivity contribution in [2.45, 2.75) is 51.6 Å². The molecule has 19 heavy (non-hydrogen) atoms. The molecule has 0 aliphatic carbocycles. The van der Waals surface area contributed by atoms with Crippen LogP contribution in [0.25, 0.3) is 0 Å². The minimum Gasteiger partial charge on any atom is -0.352 e. The summed E-state index contributed by atoms with van der Waals surface area (Å²) in [5, 5.41) is 6.30. The second-order valence-corrected chi connectivity index (χ2v) is 8.72. The first-order chi connectivity index (χ1) is 8.80. The highest BCUT2D eigenvalue weighted by atomic mass is 32.2. The Labute approximate surface area is 115 Å². The molecule has 2 fully saturated rings. The molecule has 0 bridgehead atoms. The van der Waals surface area contributed by atoms with Crippen molar-refractivity contribution in [2.75, 3.05) is 18.1 Å². The number of piperidine rings is 1. The third kappa shape index (κ3) is 3.69. The molecule has 5 nitrogen and oxygen atoms in total. The van der Waals surface area contributed by atoms with Gasteiger partial charge in [0.05, 0.1) is 17.5 Å². The van der Waals surface area contributed by atoms with Gasteiger partial charge in [-0.1, -0.05) is 13.8 Å². The minimum atomic E-state index is -2.87. The van der Waals surface area contributed by atoms with Crippen LogP contribution < -0.4 is 10.6 Å². The van der Waals surface area contributed by atoms with Crippen molar-refractivity contribution in [3.8, 4) is 0 Å². The summed E-state index contributed by atoms with van der Waals surface area (Å²) in [7, 11) is -2.87. The molecule has 1 atom stereocenters. The number of hydrogen-bond acceptors (Lipinski definition) is 4. The number of hydrogen-bond donors (Lipinski definition) is 2. The molecule has 2 aliphatic rings. The number of carbonyl (C=O) groups is 1. The van der Waals surface area contributed by atoms with Crippen LogP contribution in [0.1, 0.15) is 39.5 Å². The van der Waals surface area contributed by atoms with E-state index in [1.54, 1.807) is 0 Å². The van der Waals surface area contributed by atoms with Gasteiger partial charge in [0.25, 0.3) is 0 Å². The maximum absolute atomic E-state index is 12.3. The van der Waals surface area contributed by atoms with Gasteiger partial charge in [0, 0.05) is 6.04 Å². The lowest BCUT2D eigenvalue weighted by Crippen LogP contribution is -2.57. The maximum atomic E-state index is 12.3. The highest BCUT2D eigenvalue weighted by Crippen LogP contribution is 2.30. The quantitative estimate of drug-likeness (QED) is 0.774. The molecule has 1 amide bonds. The zero-order chi connectivity index (χ0) is 14.1. The molecule has 2 N–H and O–H groups in total. The van der Waals surface area contributed by atoms with Gasteiger partial charge in [-0.2, -0.15) is 0 Å². The fourth-order valence-corrected chi connectivity index (χ4v) is 4.47. The molecule has 0 aromatic carbocycles. The summed E-state index contributed by atoms with van der Waals surface area (Å²) in [6.45, 7) is 5.09. The van der Waals surface area contributed by atoms with Gasteiger partial charge in [-0.15, -0.1) is 0 Å². The van der Waals surface area contributed by atoms with Crippen LogP contribution in [0.5, 0.6) is 0 Å². The molecule has 110 valence electrons. The zero-order valence-corrected chi connectivity index (χ0v) is 12.6. The van der Waals surface area contributed by atoms with E-state index in [0.29, 0.717) is 12.8 Å². The number of amides is 1. The molecule has 2 heterocycles. The Hall–Kier alpha value is -0.620. The van der Waals surface area contributed by atoms with Crippen LogP contribution in [0.3, 0.4) is 0 Å². The van der Waals surface area contributed by atoms with E-state index in [9.17, 15) is 13.2 Å². The van der Waals surface area contributed by atoms with Crippen LogP contribution in [0.2, 0.25) is 0 Å². The van der Waals surface area contributed by atoms with Crippen LogP contribution in [-0.4, -0.2) is 44.5 Å². The van der Waals surface area contributed by atoms with E-state index in [4.69, 9.17) is 0 Å². The normalized spacial score (nSPS) is 30.7. The molecule has 0 aromatic heterocycles. The van der Waals surface area contributed by atoms with Crippen molar-refractivity contribution in [1.82, 2.24) is 10.6 Å². The average molecular weight is 288 g/mol. The Bertz CT molecular complexity index is 431. The highest BCUT2D eigenvalue weighted by Gasteiger charge is 2.38. The summed E-state index contributed by atoms with van der Waals surface area (Å²) in [6.07, 6.45) is 3.22.